The molecular weight excluding hydrogens is 271 g/mol. The van der Waals surface area contributed by atoms with Crippen molar-refractivity contribution in [3.63, 3.8) is 0 Å². The van der Waals surface area contributed by atoms with Crippen LogP contribution in [0.2, 0.25) is 0 Å². The van der Waals surface area contributed by atoms with Crippen LogP contribution in [0.5, 0.6) is 0 Å². The summed E-state index contributed by atoms with van der Waals surface area (Å²) < 4.78 is 13.3. The average Bonchev–Trinajstić information content (AvgIpc) is 2.64. The predicted octanol–water partition coefficient (Wildman–Crippen LogP) is 2.97. The highest BCUT2D eigenvalue weighted by Gasteiger charge is 2.52. The predicted molar refractivity (Wildman–Crippen MR) is 75.9 cm³/mol. The van der Waals surface area contributed by atoms with Crippen LogP contribution >= 0.6 is 0 Å². The van der Waals surface area contributed by atoms with E-state index in [4.69, 9.17) is 0 Å². The van der Waals surface area contributed by atoms with Gasteiger partial charge in [0.15, 0.2) is 0 Å². The first kappa shape index (κ1) is 14.0. The zero-order valence-corrected chi connectivity index (χ0v) is 11.9. The van der Waals surface area contributed by atoms with Crippen LogP contribution in [0.3, 0.4) is 0 Å². The molecule has 0 bridgehead atoms. The number of rotatable bonds is 2. The molecule has 1 aromatic rings. The second kappa shape index (κ2) is 5.47. The van der Waals surface area contributed by atoms with Gasteiger partial charge < -0.3 is 4.90 Å². The van der Waals surface area contributed by atoms with Crippen LogP contribution in [0.1, 0.15) is 44.1 Å². The monoisotopic (exact) mass is 290 g/mol. The Morgan fingerprint density at radius 1 is 1.14 bits per heavy atom. The van der Waals surface area contributed by atoms with E-state index in [0.29, 0.717) is 18.4 Å². The molecule has 2 aliphatic rings. The lowest BCUT2D eigenvalue weighted by atomic mass is 9.88. The van der Waals surface area contributed by atoms with E-state index in [9.17, 15) is 14.0 Å². The highest BCUT2D eigenvalue weighted by Crippen LogP contribution is 2.37. The van der Waals surface area contributed by atoms with Gasteiger partial charge in [0.2, 0.25) is 0 Å². The lowest BCUT2D eigenvalue weighted by Crippen LogP contribution is -2.48. The van der Waals surface area contributed by atoms with Gasteiger partial charge in [-0.05, 0) is 30.5 Å². The van der Waals surface area contributed by atoms with Crippen molar-refractivity contribution < 1.29 is 14.0 Å². The van der Waals surface area contributed by atoms with Crippen molar-refractivity contribution >= 4 is 11.9 Å². The van der Waals surface area contributed by atoms with E-state index in [-0.39, 0.29) is 24.3 Å². The quantitative estimate of drug-likeness (QED) is 0.851. The van der Waals surface area contributed by atoms with E-state index in [1.807, 2.05) is 0 Å². The molecule has 112 valence electrons. The number of halogens is 1. The number of carbonyl (C=O) groups is 2. The normalized spacial score (nSPS) is 21.5. The lowest BCUT2D eigenvalue weighted by molar-refractivity contribution is -0.127. The van der Waals surface area contributed by atoms with Crippen molar-refractivity contribution in [3.8, 4) is 0 Å². The molecule has 1 N–H and O–H groups in total. The molecule has 1 aromatic carbocycles. The number of imide groups is 1. The number of nitrogens with zero attached hydrogens (tertiary/aromatic N) is 1. The number of carbonyl (C=O) groups excluding carboxylic acids is 2. The standard InChI is InChI=1S/C16H19FN2O2/c17-13-7-5-6-12(10-13)11-19-15(21)18-14(20)16(19)8-3-1-2-4-9-16/h5-7,10H,1-4,8-9,11H2,(H,18,20,21). The Kier molecular flexibility index (Phi) is 3.66. The Morgan fingerprint density at radius 3 is 2.52 bits per heavy atom. The minimum Gasteiger partial charge on any atom is -0.305 e. The molecule has 0 atom stereocenters. The molecule has 3 rings (SSSR count). The SMILES string of the molecule is O=C1NC(=O)C2(CCCCCC2)N1Cc1cccc(F)c1. The second-order valence-corrected chi connectivity index (χ2v) is 5.92. The molecule has 0 aromatic heterocycles. The summed E-state index contributed by atoms with van der Waals surface area (Å²) >= 11 is 0. The summed E-state index contributed by atoms with van der Waals surface area (Å²) in [5, 5.41) is 2.44. The number of hydrogen-bond donors (Lipinski definition) is 1. The number of amides is 3. The molecular formula is C16H19FN2O2. The van der Waals surface area contributed by atoms with Gasteiger partial charge in [-0.1, -0.05) is 37.8 Å². The summed E-state index contributed by atoms with van der Waals surface area (Å²) in [6.45, 7) is 0.273. The fourth-order valence-corrected chi connectivity index (χ4v) is 3.45. The summed E-state index contributed by atoms with van der Waals surface area (Å²) in [4.78, 5) is 26.1. The Bertz CT molecular complexity index is 565. The smallest absolute Gasteiger partial charge is 0.305 e. The van der Waals surface area contributed by atoms with Crippen LogP contribution in [0, 0.1) is 5.82 Å². The lowest BCUT2D eigenvalue weighted by Gasteiger charge is -2.34. The van der Waals surface area contributed by atoms with Gasteiger partial charge in [0.25, 0.3) is 5.91 Å². The second-order valence-electron chi connectivity index (χ2n) is 5.92. The molecule has 1 heterocycles. The Balaban J connectivity index is 1.90. The van der Waals surface area contributed by atoms with Crippen molar-refractivity contribution in [2.75, 3.05) is 0 Å². The number of benzene rings is 1. The molecule has 4 nitrogen and oxygen atoms in total. The van der Waals surface area contributed by atoms with Gasteiger partial charge in [-0.25, -0.2) is 9.18 Å². The third-order valence-electron chi connectivity index (χ3n) is 4.57. The highest BCUT2D eigenvalue weighted by atomic mass is 19.1. The van der Waals surface area contributed by atoms with Gasteiger partial charge in [0, 0.05) is 6.54 Å². The van der Waals surface area contributed by atoms with Crippen molar-refractivity contribution in [1.29, 1.82) is 0 Å². The first-order chi connectivity index (χ1) is 10.1. The summed E-state index contributed by atoms with van der Waals surface area (Å²) in [5.41, 5.74) is -0.0247. The number of urea groups is 1. The van der Waals surface area contributed by atoms with Gasteiger partial charge in [-0.3, -0.25) is 10.1 Å². The third kappa shape index (κ3) is 2.52. The van der Waals surface area contributed by atoms with Gasteiger partial charge in [0.05, 0.1) is 0 Å². The third-order valence-corrected chi connectivity index (χ3v) is 4.57. The number of nitrogens with one attached hydrogen (secondary N) is 1. The molecule has 1 aliphatic carbocycles. The van der Waals surface area contributed by atoms with E-state index >= 15 is 0 Å². The molecule has 5 heteroatoms. The highest BCUT2D eigenvalue weighted by molar-refractivity contribution is 6.07. The largest absolute Gasteiger partial charge is 0.325 e. The van der Waals surface area contributed by atoms with E-state index in [2.05, 4.69) is 5.32 Å². The van der Waals surface area contributed by atoms with Gasteiger partial charge >= 0.3 is 6.03 Å². The fraction of sp³-hybridized carbons (Fsp3) is 0.500. The molecule has 3 amide bonds. The summed E-state index contributed by atoms with van der Waals surface area (Å²) in [7, 11) is 0. The molecule has 1 saturated heterocycles. The van der Waals surface area contributed by atoms with Crippen LogP contribution in [-0.2, 0) is 11.3 Å². The molecule has 21 heavy (non-hydrogen) atoms. The summed E-state index contributed by atoms with van der Waals surface area (Å²) in [6.07, 6.45) is 5.47. The van der Waals surface area contributed by atoms with Gasteiger partial charge in [-0.2, -0.15) is 0 Å². The van der Waals surface area contributed by atoms with Crippen LogP contribution < -0.4 is 5.32 Å². The summed E-state index contributed by atoms with van der Waals surface area (Å²) in [5.74, 6) is -0.515. The molecule has 0 unspecified atom stereocenters. The van der Waals surface area contributed by atoms with Crippen molar-refractivity contribution in [3.05, 3.63) is 35.6 Å². The number of hydrogen-bond acceptors (Lipinski definition) is 2. The first-order valence-corrected chi connectivity index (χ1v) is 7.49. The van der Waals surface area contributed by atoms with E-state index in [0.717, 1.165) is 25.7 Å². The Hall–Kier alpha value is -1.91. The minimum absolute atomic E-state index is 0.189. The van der Waals surface area contributed by atoms with E-state index in [1.165, 1.54) is 12.1 Å². The minimum atomic E-state index is -0.736. The fourth-order valence-electron chi connectivity index (χ4n) is 3.45. The van der Waals surface area contributed by atoms with Crippen LogP contribution in [0.25, 0.3) is 0 Å². The van der Waals surface area contributed by atoms with Crippen molar-refractivity contribution in [2.24, 2.45) is 0 Å². The molecule has 1 spiro atoms. The topological polar surface area (TPSA) is 49.4 Å². The zero-order chi connectivity index (χ0) is 14.9. The zero-order valence-electron chi connectivity index (χ0n) is 11.9. The molecule has 2 fully saturated rings. The molecule has 1 aliphatic heterocycles. The van der Waals surface area contributed by atoms with Gasteiger partial charge in [-0.15, -0.1) is 0 Å². The van der Waals surface area contributed by atoms with Gasteiger partial charge in [0.1, 0.15) is 11.4 Å². The van der Waals surface area contributed by atoms with Crippen LogP contribution in [0.15, 0.2) is 24.3 Å². The maximum atomic E-state index is 13.3. The van der Waals surface area contributed by atoms with E-state index < -0.39 is 5.54 Å². The molecule has 0 radical (unpaired) electrons. The maximum Gasteiger partial charge on any atom is 0.325 e. The maximum absolute atomic E-state index is 13.3. The van der Waals surface area contributed by atoms with Crippen molar-refractivity contribution in [2.45, 2.75) is 50.6 Å². The first-order valence-electron chi connectivity index (χ1n) is 7.49. The average molecular weight is 290 g/mol. The Labute approximate surface area is 123 Å². The molecule has 1 saturated carbocycles. The van der Waals surface area contributed by atoms with E-state index in [1.54, 1.807) is 17.0 Å². The summed E-state index contributed by atoms with van der Waals surface area (Å²) in [6, 6.07) is 5.84. The van der Waals surface area contributed by atoms with Crippen molar-refractivity contribution in [1.82, 2.24) is 10.2 Å². The Morgan fingerprint density at radius 2 is 1.86 bits per heavy atom. The van der Waals surface area contributed by atoms with Crippen LogP contribution in [0.4, 0.5) is 9.18 Å². The van der Waals surface area contributed by atoms with Crippen LogP contribution in [-0.4, -0.2) is 22.4 Å².